The topological polar surface area (TPSA) is 67.4 Å². The van der Waals surface area contributed by atoms with Gasteiger partial charge in [0.2, 0.25) is 5.91 Å². The fourth-order valence-electron chi connectivity index (χ4n) is 4.29. The number of methoxy groups -OCH3 is 1. The Labute approximate surface area is 165 Å². The predicted octanol–water partition coefficient (Wildman–Crippen LogP) is 3.16. The van der Waals surface area contributed by atoms with Crippen LogP contribution in [0.4, 0.5) is 5.69 Å². The molecule has 0 fully saturated rings. The molecule has 2 aromatic rings. The minimum absolute atomic E-state index is 0.00776. The van der Waals surface area contributed by atoms with Crippen molar-refractivity contribution in [2.24, 2.45) is 5.92 Å². The van der Waals surface area contributed by atoms with Crippen molar-refractivity contribution >= 4 is 17.4 Å². The lowest BCUT2D eigenvalue weighted by Crippen LogP contribution is -2.34. The van der Waals surface area contributed by atoms with E-state index < -0.39 is 0 Å². The molecule has 1 aliphatic carbocycles. The van der Waals surface area contributed by atoms with E-state index in [2.05, 4.69) is 22.8 Å². The fourth-order valence-corrected chi connectivity index (χ4v) is 4.29. The van der Waals surface area contributed by atoms with Crippen molar-refractivity contribution in [1.29, 1.82) is 0 Å². The molecule has 28 heavy (non-hydrogen) atoms. The summed E-state index contributed by atoms with van der Waals surface area (Å²) < 4.78 is 5.48. The minimum atomic E-state index is -0.00999. The van der Waals surface area contributed by atoms with Gasteiger partial charge in [-0.05, 0) is 55.0 Å². The van der Waals surface area contributed by atoms with Crippen molar-refractivity contribution in [3.63, 3.8) is 0 Å². The van der Waals surface area contributed by atoms with Crippen LogP contribution >= 0.6 is 0 Å². The highest BCUT2D eigenvalue weighted by Gasteiger charge is 2.32. The van der Waals surface area contributed by atoms with Crippen molar-refractivity contribution in [1.82, 2.24) is 5.32 Å². The van der Waals surface area contributed by atoms with Gasteiger partial charge in [0.15, 0.2) is 5.78 Å². The van der Waals surface area contributed by atoms with Gasteiger partial charge in [0.05, 0.1) is 12.8 Å². The first-order valence-electron chi connectivity index (χ1n) is 9.99. The standard InChI is InChI=1S/C23H26N2O3/c1-28-20-13-19-17(18-9-10-21(26)25-22(18)20)8-7-16(23(19)27)14-24-12-11-15-5-3-2-4-6-15/h2-6,13,16,24H,7-12,14H2,1H3,(H,25,26). The molecule has 5 nitrogen and oxygen atoms in total. The van der Waals surface area contributed by atoms with Crippen LogP contribution in [0.3, 0.4) is 0 Å². The van der Waals surface area contributed by atoms with Gasteiger partial charge < -0.3 is 15.4 Å². The smallest absolute Gasteiger partial charge is 0.224 e. The Morgan fingerprint density at radius 3 is 2.71 bits per heavy atom. The van der Waals surface area contributed by atoms with E-state index in [4.69, 9.17) is 4.74 Å². The summed E-state index contributed by atoms with van der Waals surface area (Å²) in [5, 5.41) is 6.38. The second-order valence-electron chi connectivity index (χ2n) is 7.55. The van der Waals surface area contributed by atoms with Crippen molar-refractivity contribution in [3.05, 3.63) is 58.7 Å². The second kappa shape index (κ2) is 8.15. The van der Waals surface area contributed by atoms with Crippen LogP contribution in [0, 0.1) is 5.92 Å². The molecule has 0 saturated carbocycles. The Balaban J connectivity index is 1.45. The molecule has 5 heteroatoms. The second-order valence-corrected chi connectivity index (χ2v) is 7.55. The zero-order chi connectivity index (χ0) is 19.5. The SMILES string of the molecule is COc1cc2c(c3c1NC(=O)CC3)CCC(CNCCc1ccccc1)C2=O. The van der Waals surface area contributed by atoms with Gasteiger partial charge in [-0.2, -0.15) is 0 Å². The molecular formula is C23H26N2O3. The van der Waals surface area contributed by atoms with Crippen molar-refractivity contribution < 1.29 is 14.3 Å². The molecular weight excluding hydrogens is 352 g/mol. The number of ether oxygens (including phenoxy) is 1. The van der Waals surface area contributed by atoms with E-state index in [9.17, 15) is 9.59 Å². The van der Waals surface area contributed by atoms with Crippen LogP contribution in [0.25, 0.3) is 0 Å². The molecule has 0 spiro atoms. The minimum Gasteiger partial charge on any atom is -0.495 e. The summed E-state index contributed by atoms with van der Waals surface area (Å²) in [5.41, 5.74) is 5.01. The Hall–Kier alpha value is -2.66. The van der Waals surface area contributed by atoms with Crippen molar-refractivity contribution in [3.8, 4) is 5.75 Å². The van der Waals surface area contributed by atoms with Gasteiger partial charge in [0.1, 0.15) is 5.75 Å². The number of rotatable bonds is 6. The van der Waals surface area contributed by atoms with Gasteiger partial charge in [-0.1, -0.05) is 30.3 Å². The molecule has 1 atom stereocenters. The number of hydrogen-bond acceptors (Lipinski definition) is 4. The number of benzene rings is 2. The Morgan fingerprint density at radius 2 is 1.93 bits per heavy atom. The van der Waals surface area contributed by atoms with E-state index in [0.29, 0.717) is 25.1 Å². The maximum atomic E-state index is 13.1. The number of carbonyl (C=O) groups is 2. The maximum absolute atomic E-state index is 13.1. The molecule has 2 aromatic carbocycles. The highest BCUT2D eigenvalue weighted by Crippen LogP contribution is 2.40. The highest BCUT2D eigenvalue weighted by molar-refractivity contribution is 6.04. The quantitative estimate of drug-likeness (QED) is 0.758. The summed E-state index contributed by atoms with van der Waals surface area (Å²) in [6.07, 6.45) is 3.81. The third-order valence-corrected chi connectivity index (χ3v) is 5.80. The summed E-state index contributed by atoms with van der Waals surface area (Å²) in [6, 6.07) is 12.2. The van der Waals surface area contributed by atoms with E-state index in [1.807, 2.05) is 24.3 Å². The molecule has 1 aliphatic heterocycles. The first kappa shape index (κ1) is 18.7. The van der Waals surface area contributed by atoms with Gasteiger partial charge in [-0.25, -0.2) is 0 Å². The maximum Gasteiger partial charge on any atom is 0.224 e. The summed E-state index contributed by atoms with van der Waals surface area (Å²) in [5.74, 6) is 0.775. The number of anilines is 1. The Kier molecular flexibility index (Phi) is 5.44. The average molecular weight is 378 g/mol. The van der Waals surface area contributed by atoms with E-state index in [1.54, 1.807) is 7.11 Å². The number of Topliss-reactive ketones (excluding diaryl/α,β-unsaturated/α-hetero) is 1. The molecule has 2 N–H and O–H groups in total. The van der Waals surface area contributed by atoms with Crippen LogP contribution in [0.1, 0.15) is 39.9 Å². The van der Waals surface area contributed by atoms with Gasteiger partial charge in [0, 0.05) is 24.4 Å². The molecule has 2 aliphatic rings. The fraction of sp³-hybridized carbons (Fsp3) is 0.391. The van der Waals surface area contributed by atoms with E-state index in [0.717, 1.165) is 48.2 Å². The number of amides is 1. The summed E-state index contributed by atoms with van der Waals surface area (Å²) in [4.78, 5) is 24.9. The number of hydrogen-bond donors (Lipinski definition) is 2. The molecule has 1 heterocycles. The lowest BCUT2D eigenvalue weighted by atomic mass is 9.78. The highest BCUT2D eigenvalue weighted by atomic mass is 16.5. The van der Waals surface area contributed by atoms with E-state index in [-0.39, 0.29) is 17.6 Å². The third kappa shape index (κ3) is 3.67. The lowest BCUT2D eigenvalue weighted by Gasteiger charge is -2.30. The summed E-state index contributed by atoms with van der Waals surface area (Å²) in [7, 11) is 1.58. The van der Waals surface area contributed by atoms with Crippen LogP contribution in [0.15, 0.2) is 36.4 Å². The van der Waals surface area contributed by atoms with Crippen molar-refractivity contribution in [2.45, 2.75) is 32.1 Å². The molecule has 146 valence electrons. The summed E-state index contributed by atoms with van der Waals surface area (Å²) in [6.45, 7) is 1.56. The van der Waals surface area contributed by atoms with Crippen LogP contribution in [0.2, 0.25) is 0 Å². The van der Waals surface area contributed by atoms with E-state index >= 15 is 0 Å². The number of carbonyl (C=O) groups excluding carboxylic acids is 2. The molecule has 0 bridgehead atoms. The lowest BCUT2D eigenvalue weighted by molar-refractivity contribution is -0.116. The molecule has 0 radical (unpaired) electrons. The van der Waals surface area contributed by atoms with E-state index in [1.165, 1.54) is 5.56 Å². The zero-order valence-corrected chi connectivity index (χ0v) is 16.2. The largest absolute Gasteiger partial charge is 0.495 e. The monoisotopic (exact) mass is 378 g/mol. The Bertz CT molecular complexity index is 892. The third-order valence-electron chi connectivity index (χ3n) is 5.80. The van der Waals surface area contributed by atoms with Crippen molar-refractivity contribution in [2.75, 3.05) is 25.5 Å². The predicted molar refractivity (Wildman–Crippen MR) is 109 cm³/mol. The molecule has 0 aromatic heterocycles. The Morgan fingerprint density at radius 1 is 1.11 bits per heavy atom. The van der Waals surface area contributed by atoms with Gasteiger partial charge >= 0.3 is 0 Å². The molecule has 0 saturated heterocycles. The summed E-state index contributed by atoms with van der Waals surface area (Å²) >= 11 is 0. The number of nitrogens with one attached hydrogen (secondary N) is 2. The van der Waals surface area contributed by atoms with Crippen LogP contribution in [-0.4, -0.2) is 31.9 Å². The average Bonchev–Trinajstić information content (AvgIpc) is 2.72. The van der Waals surface area contributed by atoms with Gasteiger partial charge in [0.25, 0.3) is 0 Å². The van der Waals surface area contributed by atoms with Crippen LogP contribution < -0.4 is 15.4 Å². The first-order chi connectivity index (χ1) is 13.7. The van der Waals surface area contributed by atoms with Gasteiger partial charge in [-0.15, -0.1) is 0 Å². The zero-order valence-electron chi connectivity index (χ0n) is 16.2. The molecule has 1 amide bonds. The van der Waals surface area contributed by atoms with Crippen LogP contribution in [-0.2, 0) is 24.1 Å². The van der Waals surface area contributed by atoms with Crippen LogP contribution in [0.5, 0.6) is 5.75 Å². The normalized spacial score (nSPS) is 18.2. The number of ketones is 1. The van der Waals surface area contributed by atoms with Gasteiger partial charge in [-0.3, -0.25) is 9.59 Å². The first-order valence-corrected chi connectivity index (χ1v) is 9.99. The molecule has 1 unspecified atom stereocenters. The molecule has 4 rings (SSSR count). The number of fused-ring (bicyclic) bond motifs is 3.